The molecular weight excluding hydrogens is 644 g/mol. The second-order valence-corrected chi connectivity index (χ2v) is 12.9. The molecule has 0 unspecified atom stereocenters. The first-order chi connectivity index (χ1) is 24.7. The molecule has 7 rings (SSSR count). The highest BCUT2D eigenvalue weighted by atomic mass is 16.5. The second-order valence-electron chi connectivity index (χ2n) is 12.9. The Balaban J connectivity index is 0.938. The minimum atomic E-state index is -0.497. The van der Waals surface area contributed by atoms with Gasteiger partial charge in [0, 0.05) is 30.4 Å². The number of nitriles is 1. The van der Waals surface area contributed by atoms with Crippen molar-refractivity contribution in [3.05, 3.63) is 107 Å². The number of alkyl carbamates (subject to hydrolysis) is 1. The van der Waals surface area contributed by atoms with Crippen molar-refractivity contribution in [2.75, 3.05) is 23.8 Å². The number of hydrogen-bond donors (Lipinski definition) is 2. The summed E-state index contributed by atoms with van der Waals surface area (Å²) in [6.45, 7) is 7.62. The number of carbonyl (C=O) groups is 1. The third-order valence-electron chi connectivity index (χ3n) is 8.79. The van der Waals surface area contributed by atoms with Crippen molar-refractivity contribution in [1.29, 1.82) is 5.26 Å². The van der Waals surface area contributed by atoms with E-state index in [9.17, 15) is 10.1 Å². The molecule has 2 aromatic heterocycles. The molecule has 256 valence electrons. The molecule has 0 radical (unpaired) electrons. The van der Waals surface area contributed by atoms with E-state index in [0.29, 0.717) is 47.8 Å². The van der Waals surface area contributed by atoms with Crippen LogP contribution in [0.25, 0.3) is 28.3 Å². The Morgan fingerprint density at radius 1 is 1.10 bits per heavy atom. The van der Waals surface area contributed by atoms with Crippen molar-refractivity contribution in [1.82, 2.24) is 20.3 Å². The van der Waals surface area contributed by atoms with Gasteiger partial charge in [-0.3, -0.25) is 4.99 Å². The normalized spacial score (nSPS) is 14.4. The molecule has 0 aliphatic carbocycles. The van der Waals surface area contributed by atoms with Crippen LogP contribution in [0.5, 0.6) is 5.88 Å². The number of hydrogen-bond acceptors (Lipinski definition) is 11. The summed E-state index contributed by atoms with van der Waals surface area (Å²) < 4.78 is 17.3. The Labute approximate surface area is 295 Å². The van der Waals surface area contributed by atoms with Gasteiger partial charge in [-0.05, 0) is 73.4 Å². The highest BCUT2D eigenvalue weighted by molar-refractivity contribution is 5.91. The first-order valence-electron chi connectivity index (χ1n) is 16.6. The van der Waals surface area contributed by atoms with Gasteiger partial charge >= 0.3 is 6.09 Å². The van der Waals surface area contributed by atoms with Crippen molar-refractivity contribution in [3.8, 4) is 11.9 Å². The number of nitrogens with one attached hydrogen (secondary N) is 1. The quantitative estimate of drug-likeness (QED) is 0.146. The van der Waals surface area contributed by atoms with Gasteiger partial charge in [-0.2, -0.15) is 10.2 Å². The summed E-state index contributed by atoms with van der Waals surface area (Å²) in [7, 11) is 0. The van der Waals surface area contributed by atoms with Gasteiger partial charge in [0.25, 0.3) is 0 Å². The number of rotatable bonds is 10. The summed E-state index contributed by atoms with van der Waals surface area (Å²) in [5.74, 6) is 0.811. The van der Waals surface area contributed by atoms with E-state index in [1.165, 1.54) is 0 Å². The van der Waals surface area contributed by atoms with E-state index in [4.69, 9.17) is 19.6 Å². The Bertz CT molecular complexity index is 2230. The molecule has 12 nitrogen and oxygen atoms in total. The highest BCUT2D eigenvalue weighted by Crippen LogP contribution is 2.40. The molecule has 0 spiro atoms. The van der Waals surface area contributed by atoms with E-state index in [1.807, 2.05) is 60.7 Å². The molecule has 0 atom stereocenters. The van der Waals surface area contributed by atoms with Gasteiger partial charge in [0.05, 0.1) is 17.8 Å². The van der Waals surface area contributed by atoms with Crippen molar-refractivity contribution in [2.24, 2.45) is 4.99 Å². The van der Waals surface area contributed by atoms with Gasteiger partial charge in [-0.25, -0.2) is 14.8 Å². The van der Waals surface area contributed by atoms with Crippen LogP contribution in [-0.2, 0) is 24.3 Å². The van der Waals surface area contributed by atoms with Gasteiger partial charge in [-0.1, -0.05) is 48.5 Å². The molecule has 0 saturated carbocycles. The fourth-order valence-electron chi connectivity index (χ4n) is 6.35. The molecule has 51 heavy (non-hydrogen) atoms. The Kier molecular flexibility index (Phi) is 8.94. The van der Waals surface area contributed by atoms with Gasteiger partial charge in [0.15, 0.2) is 5.58 Å². The number of amides is 1. The monoisotopic (exact) mass is 680 g/mol. The number of ether oxygens (including phenoxy) is 2. The van der Waals surface area contributed by atoms with Crippen LogP contribution < -0.4 is 20.7 Å². The first kappa shape index (κ1) is 33.0. The summed E-state index contributed by atoms with van der Waals surface area (Å²) in [4.78, 5) is 32.0. The Hall–Kier alpha value is -6.48. The first-order valence-corrected chi connectivity index (χ1v) is 16.6. The Morgan fingerprint density at radius 3 is 2.71 bits per heavy atom. The zero-order valence-electron chi connectivity index (χ0n) is 28.5. The number of para-hydroxylation sites is 2. The molecule has 0 saturated heterocycles. The summed E-state index contributed by atoms with van der Waals surface area (Å²) in [6.07, 6.45) is 5.86. The summed E-state index contributed by atoms with van der Waals surface area (Å²) in [5, 5.41) is 12.7. The number of anilines is 2. The molecule has 12 heteroatoms. The van der Waals surface area contributed by atoms with Crippen LogP contribution in [0.2, 0.25) is 0 Å². The lowest BCUT2D eigenvalue weighted by Gasteiger charge is -2.43. The molecular formula is C39H36N8O4. The molecule has 0 fully saturated rings. The maximum Gasteiger partial charge on any atom is 0.407 e. The van der Waals surface area contributed by atoms with Crippen LogP contribution in [0, 0.1) is 11.3 Å². The molecule has 4 heterocycles. The van der Waals surface area contributed by atoms with Crippen LogP contribution in [-0.4, -0.2) is 46.0 Å². The van der Waals surface area contributed by atoms with Gasteiger partial charge in [0.2, 0.25) is 17.7 Å². The standard InChI is InChI=1S/C39H36N8O4/c1-24-20-39(2,3)47(32-13-12-27(19-29(24)32)18-28(21-40)35-44-30-6-4-5-7-33(30)51-35)16-17-49-38(48)43-22-25-8-10-26(11-9-25)23-50-36-34-31(14-15-42-34)45-37(41)46-36/h4-13,15,18-20H,14,16-17,22-23H2,1-3H3,(H,43,48)(H2,41,45,46)/b28-18+. The van der Waals surface area contributed by atoms with Crippen LogP contribution >= 0.6 is 0 Å². The fraction of sp³-hybridized carbons (Fsp3) is 0.231. The molecule has 3 N–H and O–H groups in total. The Morgan fingerprint density at radius 2 is 1.90 bits per heavy atom. The molecule has 2 aliphatic heterocycles. The number of aromatic nitrogens is 3. The van der Waals surface area contributed by atoms with Crippen molar-refractivity contribution in [2.45, 2.75) is 45.9 Å². The zero-order chi connectivity index (χ0) is 35.5. The maximum absolute atomic E-state index is 12.7. The number of benzene rings is 3. The number of nitrogens with zero attached hydrogens (tertiary/aromatic N) is 6. The van der Waals surface area contributed by atoms with Gasteiger partial charge in [0.1, 0.15) is 36.1 Å². The van der Waals surface area contributed by atoms with Crippen molar-refractivity contribution >= 4 is 58.0 Å². The molecule has 5 aromatic rings. The summed E-state index contributed by atoms with van der Waals surface area (Å²) in [6, 6.07) is 23.4. The van der Waals surface area contributed by atoms with Crippen LogP contribution in [0.1, 0.15) is 54.6 Å². The lowest BCUT2D eigenvalue weighted by atomic mass is 9.88. The molecule has 2 aliphatic rings. The number of fused-ring (bicyclic) bond motifs is 3. The lowest BCUT2D eigenvalue weighted by molar-refractivity contribution is 0.147. The zero-order valence-corrected chi connectivity index (χ0v) is 28.5. The highest BCUT2D eigenvalue weighted by Gasteiger charge is 2.31. The predicted octanol–water partition coefficient (Wildman–Crippen LogP) is 7.03. The SMILES string of the molecule is CC1=CC(C)(C)N(CCOC(=O)NCc2ccc(COc3nc(N)nc4c3N=CC4)cc2)c2ccc(/C=C(\C#N)c3nc4ccccc4o3)cc21. The number of allylic oxidation sites excluding steroid dienone is 2. The van der Waals surface area contributed by atoms with Crippen molar-refractivity contribution < 1.29 is 18.7 Å². The summed E-state index contributed by atoms with van der Waals surface area (Å²) >= 11 is 0. The second kappa shape index (κ2) is 13.8. The van der Waals surface area contributed by atoms with E-state index in [1.54, 1.807) is 12.3 Å². The minimum absolute atomic E-state index is 0.159. The average Bonchev–Trinajstić information content (AvgIpc) is 3.78. The maximum atomic E-state index is 12.7. The van der Waals surface area contributed by atoms with E-state index in [2.05, 4.69) is 69.1 Å². The van der Waals surface area contributed by atoms with Crippen LogP contribution in [0.15, 0.2) is 82.2 Å². The van der Waals surface area contributed by atoms with Crippen molar-refractivity contribution in [3.63, 3.8) is 0 Å². The van der Waals surface area contributed by atoms with Gasteiger partial charge < -0.3 is 29.8 Å². The van der Waals surface area contributed by atoms with E-state index >= 15 is 0 Å². The average molecular weight is 681 g/mol. The van der Waals surface area contributed by atoms with Crippen LogP contribution in [0.3, 0.4) is 0 Å². The smallest absolute Gasteiger partial charge is 0.407 e. The van der Waals surface area contributed by atoms with E-state index < -0.39 is 6.09 Å². The summed E-state index contributed by atoms with van der Waals surface area (Å²) in [5.41, 5.74) is 14.4. The number of aliphatic imine (C=N–C) groups is 1. The van der Waals surface area contributed by atoms with E-state index in [0.717, 1.165) is 39.2 Å². The van der Waals surface area contributed by atoms with E-state index in [-0.39, 0.29) is 30.6 Å². The molecule has 1 amide bonds. The number of oxazole rings is 1. The van der Waals surface area contributed by atoms with Crippen LogP contribution in [0.4, 0.5) is 22.1 Å². The molecule has 0 bridgehead atoms. The topological polar surface area (TPSA) is 165 Å². The number of nitrogens with two attached hydrogens (primary N) is 1. The minimum Gasteiger partial charge on any atom is -0.471 e. The predicted molar refractivity (Wildman–Crippen MR) is 196 cm³/mol. The number of carbonyl (C=O) groups excluding carboxylic acids is 1. The lowest BCUT2D eigenvalue weighted by Crippen LogP contribution is -2.47. The third-order valence-corrected chi connectivity index (χ3v) is 8.79. The fourth-order valence-corrected chi connectivity index (χ4v) is 6.35. The molecule has 3 aromatic carbocycles. The largest absolute Gasteiger partial charge is 0.471 e. The van der Waals surface area contributed by atoms with Gasteiger partial charge in [-0.15, -0.1) is 0 Å². The number of nitrogen functional groups attached to an aromatic ring is 1. The third kappa shape index (κ3) is 7.14.